The van der Waals surface area contributed by atoms with Gasteiger partial charge in [0, 0.05) is 23.7 Å². The summed E-state index contributed by atoms with van der Waals surface area (Å²) in [6, 6.07) is 5.02. The van der Waals surface area contributed by atoms with E-state index in [1.165, 1.54) is 32.1 Å². The number of aliphatic carboxylic acids is 1. The Morgan fingerprint density at radius 3 is 2.68 bits per heavy atom. The Balaban J connectivity index is 1.61. The molecule has 1 aliphatic heterocycles. The molecule has 1 aromatic carbocycles. The summed E-state index contributed by atoms with van der Waals surface area (Å²) in [4.78, 5) is 18.9. The summed E-state index contributed by atoms with van der Waals surface area (Å²) in [5, 5.41) is 18.6. The van der Waals surface area contributed by atoms with Gasteiger partial charge in [-0.3, -0.25) is 5.10 Å². The maximum atomic E-state index is 12.2. The van der Waals surface area contributed by atoms with E-state index >= 15 is 0 Å². The lowest BCUT2D eigenvalue weighted by Crippen LogP contribution is -2.36. The number of pyridine rings is 1. The van der Waals surface area contributed by atoms with Gasteiger partial charge in [0.2, 0.25) is 0 Å². The average molecular weight is 459 g/mol. The number of hydrogen-bond acceptors (Lipinski definition) is 4. The number of anilines is 1. The summed E-state index contributed by atoms with van der Waals surface area (Å²) >= 11 is 12.8. The molecule has 3 heterocycles. The van der Waals surface area contributed by atoms with Crippen molar-refractivity contribution in [3.8, 4) is 11.1 Å². The summed E-state index contributed by atoms with van der Waals surface area (Å²) in [6.07, 6.45) is 10.4. The van der Waals surface area contributed by atoms with Gasteiger partial charge in [0.05, 0.1) is 21.8 Å². The second-order valence-electron chi connectivity index (χ2n) is 8.67. The Labute approximate surface area is 190 Å². The number of nitrogens with one attached hydrogen (secondary N) is 1. The number of carboxylic acid groups (broad SMARTS) is 1. The molecule has 2 aliphatic rings. The topological polar surface area (TPSA) is 82.1 Å². The molecule has 3 aromatic rings. The molecule has 5 rings (SSSR count). The monoisotopic (exact) mass is 458 g/mol. The first kappa shape index (κ1) is 20.6. The van der Waals surface area contributed by atoms with Gasteiger partial charge in [-0.15, -0.1) is 0 Å². The normalized spacial score (nSPS) is 22.3. The van der Waals surface area contributed by atoms with Crippen LogP contribution in [0.15, 0.2) is 30.6 Å². The van der Waals surface area contributed by atoms with Crippen molar-refractivity contribution in [2.24, 2.45) is 11.8 Å². The minimum absolute atomic E-state index is 0.367. The molecule has 1 saturated heterocycles. The summed E-state index contributed by atoms with van der Waals surface area (Å²) in [5.41, 5.74) is 2.37. The van der Waals surface area contributed by atoms with Crippen LogP contribution in [0.2, 0.25) is 10.0 Å². The van der Waals surface area contributed by atoms with E-state index in [4.69, 9.17) is 28.2 Å². The van der Waals surface area contributed by atoms with E-state index in [9.17, 15) is 9.90 Å². The second kappa shape index (κ2) is 8.32. The number of carboxylic acids is 1. The van der Waals surface area contributed by atoms with Crippen LogP contribution in [-0.4, -0.2) is 38.8 Å². The number of hydrogen-bond donors (Lipinski definition) is 2. The second-order valence-corrected chi connectivity index (χ2v) is 9.46. The highest BCUT2D eigenvalue weighted by atomic mass is 35.5. The van der Waals surface area contributed by atoms with Gasteiger partial charge >= 0.3 is 5.97 Å². The van der Waals surface area contributed by atoms with Gasteiger partial charge in [-0.05, 0) is 36.0 Å². The van der Waals surface area contributed by atoms with Crippen LogP contribution < -0.4 is 4.90 Å². The number of rotatable bonds is 4. The molecule has 1 aliphatic carbocycles. The molecule has 2 aromatic heterocycles. The molecule has 0 unspecified atom stereocenters. The number of H-pyrrole nitrogens is 1. The van der Waals surface area contributed by atoms with Crippen LogP contribution in [0.5, 0.6) is 0 Å². The summed E-state index contributed by atoms with van der Waals surface area (Å²) in [7, 11) is 0. The molecule has 0 spiro atoms. The van der Waals surface area contributed by atoms with Gasteiger partial charge < -0.3 is 10.0 Å². The number of halogens is 2. The van der Waals surface area contributed by atoms with Crippen LogP contribution in [0.1, 0.15) is 38.5 Å². The molecule has 0 amide bonds. The predicted molar refractivity (Wildman–Crippen MR) is 123 cm³/mol. The van der Waals surface area contributed by atoms with E-state index in [0.717, 1.165) is 16.5 Å². The molecule has 31 heavy (non-hydrogen) atoms. The van der Waals surface area contributed by atoms with Crippen LogP contribution >= 0.6 is 23.2 Å². The van der Waals surface area contributed by atoms with Crippen molar-refractivity contribution >= 4 is 45.9 Å². The lowest BCUT2D eigenvalue weighted by atomic mass is 9.79. The first-order valence-electron chi connectivity index (χ1n) is 10.8. The van der Waals surface area contributed by atoms with Crippen LogP contribution in [0.4, 0.5) is 5.82 Å². The Hall–Kier alpha value is -2.31. The molecule has 6 nitrogen and oxygen atoms in total. The van der Waals surface area contributed by atoms with Crippen molar-refractivity contribution in [2.45, 2.75) is 44.6 Å². The summed E-state index contributed by atoms with van der Waals surface area (Å²) < 4.78 is 0. The van der Waals surface area contributed by atoms with E-state index in [2.05, 4.69) is 10.2 Å². The van der Waals surface area contributed by atoms with E-state index in [1.54, 1.807) is 12.3 Å². The van der Waals surface area contributed by atoms with Crippen molar-refractivity contribution in [1.29, 1.82) is 0 Å². The number of fused-ring (bicyclic) bond motifs is 1. The van der Waals surface area contributed by atoms with Crippen LogP contribution in [0.25, 0.3) is 22.0 Å². The lowest BCUT2D eigenvalue weighted by molar-refractivity contribution is -0.138. The van der Waals surface area contributed by atoms with Gasteiger partial charge in [-0.2, -0.15) is 5.10 Å². The molecule has 8 heteroatoms. The Morgan fingerprint density at radius 2 is 1.97 bits per heavy atom. The van der Waals surface area contributed by atoms with Crippen molar-refractivity contribution in [1.82, 2.24) is 15.2 Å². The molecular weight excluding hydrogens is 435 g/mol. The summed E-state index contributed by atoms with van der Waals surface area (Å²) in [6.45, 7) is 0.698. The summed E-state index contributed by atoms with van der Waals surface area (Å²) in [5.74, 6) is 0.777. The lowest BCUT2D eigenvalue weighted by Gasteiger charge is -2.28. The zero-order chi connectivity index (χ0) is 21.5. The fourth-order valence-electron chi connectivity index (χ4n) is 5.31. The molecular formula is C23H24Cl2N4O2. The molecule has 0 radical (unpaired) electrons. The molecule has 0 bridgehead atoms. The zero-order valence-corrected chi connectivity index (χ0v) is 18.5. The van der Waals surface area contributed by atoms with Crippen LogP contribution in [-0.2, 0) is 4.79 Å². The number of nitrogens with zero attached hydrogens (tertiary/aromatic N) is 3. The quantitative estimate of drug-likeness (QED) is 0.516. The van der Waals surface area contributed by atoms with Gasteiger partial charge in [-0.25, -0.2) is 9.78 Å². The van der Waals surface area contributed by atoms with Gasteiger partial charge in [0.25, 0.3) is 0 Å². The standard InChI is InChI=1S/C23H24Cl2N4O2/c24-18-7-6-16-17(15-10-26-27-11-15)9-20(28-22(16)21(18)25)29-12-14(8-19(29)23(30)31)13-4-2-1-3-5-13/h6-7,9-11,13-14,19H,1-5,8,12H2,(H,26,27)(H,30,31)/t14-,19+/m1/s1. The smallest absolute Gasteiger partial charge is 0.326 e. The van der Waals surface area contributed by atoms with Crippen LogP contribution in [0.3, 0.4) is 0 Å². The van der Waals surface area contributed by atoms with Gasteiger partial charge in [0.15, 0.2) is 0 Å². The van der Waals surface area contributed by atoms with Gasteiger partial charge in [0.1, 0.15) is 11.9 Å². The third-order valence-corrected chi connectivity index (χ3v) is 7.69. The Kier molecular flexibility index (Phi) is 5.52. The van der Waals surface area contributed by atoms with Crippen LogP contribution in [0, 0.1) is 11.8 Å². The Morgan fingerprint density at radius 1 is 1.16 bits per heavy atom. The fourth-order valence-corrected chi connectivity index (χ4v) is 5.67. The molecule has 2 atom stereocenters. The van der Waals surface area contributed by atoms with Crippen molar-refractivity contribution in [2.75, 3.05) is 11.4 Å². The van der Waals surface area contributed by atoms with E-state index in [0.29, 0.717) is 46.2 Å². The fraction of sp³-hybridized carbons (Fsp3) is 0.435. The number of aromatic nitrogens is 3. The number of carbonyl (C=O) groups is 1. The maximum absolute atomic E-state index is 12.2. The van der Waals surface area contributed by atoms with Crippen molar-refractivity contribution in [3.63, 3.8) is 0 Å². The van der Waals surface area contributed by atoms with E-state index < -0.39 is 12.0 Å². The third-order valence-electron chi connectivity index (χ3n) is 6.90. The van der Waals surface area contributed by atoms with Gasteiger partial charge in [-0.1, -0.05) is 61.4 Å². The molecule has 162 valence electrons. The van der Waals surface area contributed by atoms with E-state index in [1.807, 2.05) is 23.2 Å². The highest BCUT2D eigenvalue weighted by molar-refractivity contribution is 6.45. The minimum atomic E-state index is -0.803. The largest absolute Gasteiger partial charge is 0.480 e. The minimum Gasteiger partial charge on any atom is -0.480 e. The predicted octanol–water partition coefficient (Wildman–Crippen LogP) is 5.79. The van der Waals surface area contributed by atoms with E-state index in [-0.39, 0.29) is 0 Å². The average Bonchev–Trinajstić information content (AvgIpc) is 3.47. The van der Waals surface area contributed by atoms with Crippen molar-refractivity contribution in [3.05, 3.63) is 40.6 Å². The number of aromatic amines is 1. The molecule has 2 fully saturated rings. The third kappa shape index (κ3) is 3.76. The Bertz CT molecular complexity index is 1110. The SMILES string of the molecule is O=C(O)[C@@H]1C[C@@H](C2CCCCC2)CN1c1cc(-c2cn[nH]c2)c2ccc(Cl)c(Cl)c2n1. The van der Waals surface area contributed by atoms with Crippen molar-refractivity contribution < 1.29 is 9.90 Å². The highest BCUT2D eigenvalue weighted by Gasteiger charge is 2.41. The zero-order valence-electron chi connectivity index (χ0n) is 17.0. The first-order valence-corrected chi connectivity index (χ1v) is 11.6. The highest BCUT2D eigenvalue weighted by Crippen LogP contribution is 2.42. The molecule has 1 saturated carbocycles. The maximum Gasteiger partial charge on any atom is 0.326 e. The first-order chi connectivity index (χ1) is 15.0. The number of benzene rings is 1. The molecule has 2 N–H and O–H groups in total.